The van der Waals surface area contributed by atoms with Gasteiger partial charge >= 0.3 is 0 Å². The Kier molecular flexibility index (Phi) is 1.48. The number of fused-ring (bicyclic) bond motifs is 1. The van der Waals surface area contributed by atoms with Crippen LogP contribution in [0.15, 0.2) is 20.0 Å². The first-order valence-electron chi connectivity index (χ1n) is 2.95. The SMILES string of the molecule is NC1=NC2=NC=NC2C(I)=N1. The van der Waals surface area contributed by atoms with Crippen molar-refractivity contribution in [2.75, 3.05) is 0 Å². The maximum atomic E-state index is 5.40. The summed E-state index contributed by atoms with van der Waals surface area (Å²) in [6.45, 7) is 0. The fourth-order valence-corrected chi connectivity index (χ4v) is 1.55. The van der Waals surface area contributed by atoms with E-state index in [1.165, 1.54) is 6.34 Å². The molecule has 0 amide bonds. The van der Waals surface area contributed by atoms with Crippen LogP contribution in [0.2, 0.25) is 0 Å². The van der Waals surface area contributed by atoms with Gasteiger partial charge in [-0.2, -0.15) is 4.99 Å². The van der Waals surface area contributed by atoms with E-state index in [9.17, 15) is 0 Å². The third kappa shape index (κ3) is 1.06. The maximum absolute atomic E-state index is 5.40. The molecule has 0 aromatic rings. The van der Waals surface area contributed by atoms with Crippen LogP contribution < -0.4 is 5.73 Å². The first kappa shape index (κ1) is 6.89. The second-order valence-corrected chi connectivity index (χ2v) is 3.16. The summed E-state index contributed by atoms with van der Waals surface area (Å²) in [4.78, 5) is 15.9. The number of rotatable bonds is 0. The molecule has 0 aliphatic carbocycles. The van der Waals surface area contributed by atoms with Crippen molar-refractivity contribution in [1.29, 1.82) is 0 Å². The molecule has 0 saturated heterocycles. The lowest BCUT2D eigenvalue weighted by Crippen LogP contribution is -2.29. The molecule has 2 aliphatic rings. The van der Waals surface area contributed by atoms with Crippen LogP contribution in [-0.4, -0.2) is 27.9 Å². The van der Waals surface area contributed by atoms with Crippen molar-refractivity contribution in [3.05, 3.63) is 0 Å². The van der Waals surface area contributed by atoms with Crippen molar-refractivity contribution in [1.82, 2.24) is 0 Å². The van der Waals surface area contributed by atoms with Gasteiger partial charge in [-0.1, -0.05) is 0 Å². The summed E-state index contributed by atoms with van der Waals surface area (Å²) in [5, 5.41) is 0. The standard InChI is InChI=1S/C5H4IN5/c6-3-2-4(9-1-8-2)11-5(7)10-3/h1-2H,(H2,7,8,9,11). The van der Waals surface area contributed by atoms with Gasteiger partial charge in [0.1, 0.15) is 10.1 Å². The lowest BCUT2D eigenvalue weighted by Gasteiger charge is -2.09. The van der Waals surface area contributed by atoms with Crippen molar-refractivity contribution in [3.8, 4) is 0 Å². The van der Waals surface area contributed by atoms with E-state index in [2.05, 4.69) is 42.6 Å². The molecule has 5 nitrogen and oxygen atoms in total. The summed E-state index contributed by atoms with van der Waals surface area (Å²) < 4.78 is 0.822. The number of aliphatic imine (C=N–C) groups is 4. The minimum Gasteiger partial charge on any atom is -0.368 e. The fourth-order valence-electron chi connectivity index (χ4n) is 0.867. The van der Waals surface area contributed by atoms with Gasteiger partial charge in [-0.25, -0.2) is 9.98 Å². The van der Waals surface area contributed by atoms with Crippen LogP contribution in [0, 0.1) is 0 Å². The zero-order valence-electron chi connectivity index (χ0n) is 5.40. The third-order valence-corrected chi connectivity index (χ3v) is 2.16. The Morgan fingerprint density at radius 3 is 3.09 bits per heavy atom. The summed E-state index contributed by atoms with van der Waals surface area (Å²) >= 11 is 2.08. The van der Waals surface area contributed by atoms with Crippen LogP contribution in [0.3, 0.4) is 0 Å². The largest absolute Gasteiger partial charge is 0.368 e. The average molecular weight is 261 g/mol. The average Bonchev–Trinajstić information content (AvgIpc) is 2.34. The first-order valence-corrected chi connectivity index (χ1v) is 4.03. The lowest BCUT2D eigenvalue weighted by molar-refractivity contribution is 1.15. The Morgan fingerprint density at radius 2 is 2.27 bits per heavy atom. The monoisotopic (exact) mass is 261 g/mol. The highest BCUT2D eigenvalue weighted by atomic mass is 127. The zero-order valence-corrected chi connectivity index (χ0v) is 7.56. The summed E-state index contributed by atoms with van der Waals surface area (Å²) in [6.07, 6.45) is 1.48. The van der Waals surface area contributed by atoms with Gasteiger partial charge in [-0.05, 0) is 22.6 Å². The third-order valence-electron chi connectivity index (χ3n) is 1.33. The summed E-state index contributed by atoms with van der Waals surface area (Å²) in [5.74, 6) is 0.900. The highest BCUT2D eigenvalue weighted by Gasteiger charge is 2.25. The first-order chi connectivity index (χ1) is 5.27. The minimum atomic E-state index is -0.0945. The van der Waals surface area contributed by atoms with Gasteiger partial charge in [0.25, 0.3) is 0 Å². The predicted molar refractivity (Wildman–Crippen MR) is 52.8 cm³/mol. The van der Waals surface area contributed by atoms with Crippen LogP contribution in [0.5, 0.6) is 0 Å². The highest BCUT2D eigenvalue weighted by molar-refractivity contribution is 14.1. The Balaban J connectivity index is 2.45. The van der Waals surface area contributed by atoms with Crippen molar-refractivity contribution in [3.63, 3.8) is 0 Å². The van der Waals surface area contributed by atoms with E-state index < -0.39 is 0 Å². The number of amidine groups is 1. The molecular formula is C5H4IN5. The molecule has 2 aliphatic heterocycles. The molecule has 2 rings (SSSR count). The molecule has 2 N–H and O–H groups in total. The van der Waals surface area contributed by atoms with Crippen molar-refractivity contribution in [2.45, 2.75) is 6.04 Å². The van der Waals surface area contributed by atoms with E-state index in [4.69, 9.17) is 5.73 Å². The van der Waals surface area contributed by atoms with Gasteiger partial charge in [0.15, 0.2) is 11.9 Å². The van der Waals surface area contributed by atoms with E-state index in [-0.39, 0.29) is 12.0 Å². The molecule has 1 atom stereocenters. The number of halogens is 1. The van der Waals surface area contributed by atoms with Crippen LogP contribution in [0.25, 0.3) is 0 Å². The molecule has 0 aromatic carbocycles. The smallest absolute Gasteiger partial charge is 0.222 e. The highest BCUT2D eigenvalue weighted by Crippen LogP contribution is 2.13. The molecule has 56 valence electrons. The molecule has 0 saturated carbocycles. The molecule has 1 unspecified atom stereocenters. The topological polar surface area (TPSA) is 75.5 Å². The van der Waals surface area contributed by atoms with Crippen molar-refractivity contribution >= 4 is 44.4 Å². The van der Waals surface area contributed by atoms with E-state index >= 15 is 0 Å². The predicted octanol–water partition coefficient (Wildman–Crippen LogP) is -0.0428. The molecule has 6 heteroatoms. The van der Waals surface area contributed by atoms with Gasteiger partial charge in [0, 0.05) is 0 Å². The van der Waals surface area contributed by atoms with E-state index in [0.717, 1.165) is 3.72 Å². The quantitative estimate of drug-likeness (QED) is 0.610. The Labute approximate surface area is 76.4 Å². The van der Waals surface area contributed by atoms with Crippen LogP contribution in [0.4, 0.5) is 0 Å². The molecule has 0 aromatic heterocycles. The fraction of sp³-hybridized carbons (Fsp3) is 0.200. The number of nitrogens with two attached hydrogens (primary N) is 1. The van der Waals surface area contributed by atoms with Crippen LogP contribution in [0.1, 0.15) is 0 Å². The molecule has 2 heterocycles. The van der Waals surface area contributed by atoms with E-state index in [1.54, 1.807) is 0 Å². The van der Waals surface area contributed by atoms with Crippen molar-refractivity contribution < 1.29 is 0 Å². The molecule has 0 spiro atoms. The van der Waals surface area contributed by atoms with Gasteiger partial charge in [0.2, 0.25) is 5.96 Å². The lowest BCUT2D eigenvalue weighted by atomic mass is 10.3. The van der Waals surface area contributed by atoms with Crippen LogP contribution >= 0.6 is 22.6 Å². The molecular weight excluding hydrogens is 257 g/mol. The van der Waals surface area contributed by atoms with Gasteiger partial charge < -0.3 is 5.73 Å². The number of guanidine groups is 1. The number of hydrogen-bond donors (Lipinski definition) is 1. The van der Waals surface area contributed by atoms with Gasteiger partial charge in [-0.3, -0.25) is 4.99 Å². The van der Waals surface area contributed by atoms with Gasteiger partial charge in [0.05, 0.1) is 0 Å². The number of nitrogens with zero attached hydrogens (tertiary/aromatic N) is 4. The van der Waals surface area contributed by atoms with E-state index in [1.807, 2.05) is 0 Å². The summed E-state index contributed by atoms with van der Waals surface area (Å²) in [7, 11) is 0. The maximum Gasteiger partial charge on any atom is 0.222 e. The Bertz CT molecular complexity index is 313. The molecule has 11 heavy (non-hydrogen) atoms. The van der Waals surface area contributed by atoms with E-state index in [0.29, 0.717) is 5.84 Å². The number of hydrogen-bond acceptors (Lipinski definition) is 5. The molecule has 0 fully saturated rings. The summed E-state index contributed by atoms with van der Waals surface area (Å²) in [6, 6.07) is -0.0945. The Hall–Kier alpha value is -0.790. The Morgan fingerprint density at radius 1 is 1.45 bits per heavy atom. The zero-order chi connectivity index (χ0) is 7.84. The van der Waals surface area contributed by atoms with Gasteiger partial charge in [-0.15, -0.1) is 0 Å². The second kappa shape index (κ2) is 2.36. The molecule has 0 bridgehead atoms. The summed E-state index contributed by atoms with van der Waals surface area (Å²) in [5.41, 5.74) is 5.40. The minimum absolute atomic E-state index is 0.0945. The van der Waals surface area contributed by atoms with Crippen LogP contribution in [-0.2, 0) is 0 Å². The second-order valence-electron chi connectivity index (χ2n) is 2.06. The molecule has 0 radical (unpaired) electrons. The van der Waals surface area contributed by atoms with Crippen molar-refractivity contribution in [2.24, 2.45) is 25.7 Å². The normalized spacial score (nSPS) is 27.4.